The van der Waals surface area contributed by atoms with Crippen molar-refractivity contribution in [3.05, 3.63) is 54.1 Å². The first-order valence-corrected chi connectivity index (χ1v) is 11.9. The van der Waals surface area contributed by atoms with Crippen LogP contribution in [0, 0.1) is 0 Å². The number of benzene rings is 2. The number of carbonyl (C=O) groups is 1. The predicted octanol–water partition coefficient (Wildman–Crippen LogP) is 3.11. The van der Waals surface area contributed by atoms with Gasteiger partial charge in [-0.2, -0.15) is 9.29 Å². The number of amides is 1. The van der Waals surface area contributed by atoms with E-state index < -0.39 is 10.0 Å². The summed E-state index contributed by atoms with van der Waals surface area (Å²) in [7, 11) is -3.60. The number of carbonyl (C=O) groups excluding carboxylic acids is 1. The summed E-state index contributed by atoms with van der Waals surface area (Å²) in [6, 6.07) is 14.6. The second-order valence-corrected chi connectivity index (χ2v) is 9.23. The number of H-pyrrole nitrogens is 1. The molecule has 166 valence electrons. The van der Waals surface area contributed by atoms with Gasteiger partial charge < -0.3 is 4.98 Å². The highest BCUT2D eigenvalue weighted by molar-refractivity contribution is 7.89. The van der Waals surface area contributed by atoms with Crippen LogP contribution in [0.4, 0.5) is 5.95 Å². The number of hydrogen-bond acceptors (Lipinski definition) is 6. The number of anilines is 1. The summed E-state index contributed by atoms with van der Waals surface area (Å²) in [5.41, 5.74) is 2.63. The molecule has 0 aliphatic carbocycles. The smallest absolute Gasteiger partial charge is 0.251 e. The van der Waals surface area contributed by atoms with Crippen LogP contribution < -0.4 is 5.32 Å². The molecule has 0 aliphatic rings. The van der Waals surface area contributed by atoms with E-state index in [4.69, 9.17) is 0 Å². The van der Waals surface area contributed by atoms with Gasteiger partial charge in [0.05, 0.1) is 4.90 Å². The molecule has 0 spiro atoms. The third-order valence-corrected chi connectivity index (χ3v) is 7.31. The molecular formula is C22H24N6O3S. The van der Waals surface area contributed by atoms with E-state index in [1.165, 1.54) is 4.31 Å². The minimum Gasteiger partial charge on any atom is -0.338 e. The van der Waals surface area contributed by atoms with Gasteiger partial charge in [0.25, 0.3) is 5.95 Å². The zero-order chi connectivity index (χ0) is 22.7. The maximum absolute atomic E-state index is 12.9. The Balaban J connectivity index is 1.57. The maximum atomic E-state index is 12.9. The summed E-state index contributed by atoms with van der Waals surface area (Å²) >= 11 is 0. The lowest BCUT2D eigenvalue weighted by molar-refractivity contribution is -0.116. The van der Waals surface area contributed by atoms with Gasteiger partial charge in [0.2, 0.25) is 15.9 Å². The number of nitrogens with one attached hydrogen (secondary N) is 2. The van der Waals surface area contributed by atoms with Crippen molar-refractivity contribution in [3.63, 3.8) is 0 Å². The molecular weight excluding hydrogens is 428 g/mol. The van der Waals surface area contributed by atoms with Gasteiger partial charge in [0.1, 0.15) is 5.52 Å². The summed E-state index contributed by atoms with van der Waals surface area (Å²) in [4.78, 5) is 19.9. The van der Waals surface area contributed by atoms with E-state index >= 15 is 0 Å². The molecule has 0 atom stereocenters. The van der Waals surface area contributed by atoms with Gasteiger partial charge in [-0.05, 0) is 30.2 Å². The Morgan fingerprint density at radius 2 is 1.81 bits per heavy atom. The van der Waals surface area contributed by atoms with Crippen LogP contribution in [-0.4, -0.2) is 51.9 Å². The van der Waals surface area contributed by atoms with Crippen LogP contribution in [0.2, 0.25) is 0 Å². The number of aromatic amines is 1. The summed E-state index contributed by atoms with van der Waals surface area (Å²) in [6.07, 6.45) is 0.906. The van der Waals surface area contributed by atoms with Crippen LogP contribution >= 0.6 is 0 Å². The predicted molar refractivity (Wildman–Crippen MR) is 123 cm³/mol. The van der Waals surface area contributed by atoms with Crippen LogP contribution in [0.1, 0.15) is 25.8 Å². The zero-order valence-corrected chi connectivity index (χ0v) is 18.7. The zero-order valence-electron chi connectivity index (χ0n) is 17.9. The summed E-state index contributed by atoms with van der Waals surface area (Å²) < 4.78 is 27.1. The SMILES string of the molecule is CCN(CC)S(=O)(=O)c1ccc2[nH]c3nc(NC(=O)CCc4ccccc4)nnc3c2c1. The molecule has 4 rings (SSSR count). The lowest BCUT2D eigenvalue weighted by Gasteiger charge is -2.18. The molecule has 2 heterocycles. The number of sulfonamides is 1. The average Bonchev–Trinajstić information content (AvgIpc) is 3.16. The number of rotatable bonds is 8. The van der Waals surface area contributed by atoms with E-state index in [0.29, 0.717) is 48.0 Å². The van der Waals surface area contributed by atoms with Crippen molar-refractivity contribution in [3.8, 4) is 0 Å². The second-order valence-electron chi connectivity index (χ2n) is 7.29. The van der Waals surface area contributed by atoms with Gasteiger partial charge in [-0.3, -0.25) is 10.1 Å². The fourth-order valence-corrected chi connectivity index (χ4v) is 5.05. The molecule has 2 N–H and O–H groups in total. The van der Waals surface area contributed by atoms with Crippen LogP contribution in [0.15, 0.2) is 53.4 Å². The van der Waals surface area contributed by atoms with Gasteiger partial charge in [-0.15, -0.1) is 10.2 Å². The highest BCUT2D eigenvalue weighted by Gasteiger charge is 2.23. The minimum absolute atomic E-state index is 0.0955. The molecule has 2 aromatic heterocycles. The van der Waals surface area contributed by atoms with Gasteiger partial charge in [-0.25, -0.2) is 8.42 Å². The monoisotopic (exact) mass is 452 g/mol. The fraction of sp³-hybridized carbons (Fsp3) is 0.273. The van der Waals surface area contributed by atoms with Crippen molar-refractivity contribution in [2.45, 2.75) is 31.6 Å². The average molecular weight is 453 g/mol. The Hall–Kier alpha value is -3.37. The molecule has 1 amide bonds. The molecule has 4 aromatic rings. The lowest BCUT2D eigenvalue weighted by atomic mass is 10.1. The molecule has 0 unspecified atom stereocenters. The van der Waals surface area contributed by atoms with Crippen molar-refractivity contribution >= 4 is 43.9 Å². The van der Waals surface area contributed by atoms with Crippen LogP contribution in [0.3, 0.4) is 0 Å². The fourth-order valence-electron chi connectivity index (χ4n) is 3.57. The molecule has 0 saturated heterocycles. The number of fused-ring (bicyclic) bond motifs is 3. The van der Waals surface area contributed by atoms with Gasteiger partial charge in [0, 0.05) is 30.4 Å². The molecule has 0 radical (unpaired) electrons. The highest BCUT2D eigenvalue weighted by Crippen LogP contribution is 2.26. The first kappa shape index (κ1) is 21.8. The number of aryl methyl sites for hydroxylation is 1. The van der Waals surface area contributed by atoms with Crippen molar-refractivity contribution < 1.29 is 13.2 Å². The van der Waals surface area contributed by atoms with Gasteiger partial charge in [-0.1, -0.05) is 44.2 Å². The molecule has 10 heteroatoms. The largest absolute Gasteiger partial charge is 0.338 e. The van der Waals surface area contributed by atoms with Crippen LogP contribution in [-0.2, 0) is 21.2 Å². The van der Waals surface area contributed by atoms with Crippen molar-refractivity contribution in [2.24, 2.45) is 0 Å². The molecule has 0 bridgehead atoms. The molecule has 0 saturated carbocycles. The molecule has 2 aromatic carbocycles. The lowest BCUT2D eigenvalue weighted by Crippen LogP contribution is -2.30. The quantitative estimate of drug-likeness (QED) is 0.424. The summed E-state index contributed by atoms with van der Waals surface area (Å²) in [5, 5.41) is 11.5. The third-order valence-electron chi connectivity index (χ3n) is 5.26. The normalized spacial score (nSPS) is 12.0. The number of nitrogens with zero attached hydrogens (tertiary/aromatic N) is 4. The Kier molecular flexibility index (Phi) is 6.15. The molecule has 0 fully saturated rings. The Morgan fingerprint density at radius 3 is 2.53 bits per heavy atom. The van der Waals surface area contributed by atoms with E-state index in [0.717, 1.165) is 5.56 Å². The standard InChI is InChI=1S/C22H24N6O3S/c1-3-28(4-2)32(30,31)16-11-12-18-17(14-16)20-21(23-18)25-22(27-26-20)24-19(29)13-10-15-8-6-5-7-9-15/h5-9,11-12,14H,3-4,10,13H2,1-2H3,(H2,23,24,25,27,29). The van der Waals surface area contributed by atoms with Crippen molar-refractivity contribution in [2.75, 3.05) is 18.4 Å². The molecule has 9 nitrogen and oxygen atoms in total. The van der Waals surface area contributed by atoms with E-state index in [2.05, 4.69) is 25.5 Å². The topological polar surface area (TPSA) is 121 Å². The maximum Gasteiger partial charge on any atom is 0.251 e. The van der Waals surface area contributed by atoms with Crippen molar-refractivity contribution in [1.29, 1.82) is 0 Å². The van der Waals surface area contributed by atoms with Gasteiger partial charge >= 0.3 is 0 Å². The van der Waals surface area contributed by atoms with E-state index in [1.54, 1.807) is 32.0 Å². The Bertz CT molecular complexity index is 1360. The summed E-state index contributed by atoms with van der Waals surface area (Å²) in [6.45, 7) is 4.38. The van der Waals surface area contributed by atoms with E-state index in [1.807, 2.05) is 30.3 Å². The molecule has 32 heavy (non-hydrogen) atoms. The van der Waals surface area contributed by atoms with Crippen LogP contribution in [0.5, 0.6) is 0 Å². The Morgan fingerprint density at radius 1 is 1.06 bits per heavy atom. The molecule has 0 aliphatic heterocycles. The second kappa shape index (κ2) is 9.01. The van der Waals surface area contributed by atoms with E-state index in [9.17, 15) is 13.2 Å². The minimum atomic E-state index is -3.60. The van der Waals surface area contributed by atoms with Crippen LogP contribution in [0.25, 0.3) is 22.1 Å². The van der Waals surface area contributed by atoms with Crippen molar-refractivity contribution in [1.82, 2.24) is 24.5 Å². The highest BCUT2D eigenvalue weighted by atomic mass is 32.2. The number of aromatic nitrogens is 4. The van der Waals surface area contributed by atoms with Gasteiger partial charge in [0.15, 0.2) is 5.65 Å². The third kappa shape index (κ3) is 4.32. The first-order chi connectivity index (χ1) is 15.4. The Labute approximate surface area is 185 Å². The first-order valence-electron chi connectivity index (χ1n) is 10.4. The summed E-state index contributed by atoms with van der Waals surface area (Å²) in [5.74, 6) is -0.114. The number of hydrogen-bond donors (Lipinski definition) is 2. The van der Waals surface area contributed by atoms with E-state index in [-0.39, 0.29) is 16.8 Å².